The minimum absolute atomic E-state index is 0. The van der Waals surface area contributed by atoms with Crippen LogP contribution >= 0.6 is 0 Å². The van der Waals surface area contributed by atoms with Gasteiger partial charge in [-0.05, 0) is 0 Å². The molecular formula is C9H15KO2. The minimum Gasteiger partial charge on any atom is -0.386 e. The number of rotatable bonds is 1. The predicted molar refractivity (Wildman–Crippen MR) is 41.9 cm³/mol. The molecule has 3 heteroatoms. The van der Waals surface area contributed by atoms with E-state index in [9.17, 15) is 0 Å². The first-order chi connectivity index (χ1) is 5.29. The summed E-state index contributed by atoms with van der Waals surface area (Å²) in [4.78, 5) is 0. The zero-order chi connectivity index (χ0) is 7.84. The van der Waals surface area contributed by atoms with E-state index in [4.69, 9.17) is 9.47 Å². The predicted octanol–water partition coefficient (Wildman–Crippen LogP) is -1.39. The summed E-state index contributed by atoms with van der Waals surface area (Å²) in [6.07, 6.45) is 1.18. The normalized spacial score (nSPS) is 35.2. The number of ether oxygens (including phenoxy) is 2. The molecule has 2 saturated heterocycles. The molecule has 0 aromatic carbocycles. The van der Waals surface area contributed by atoms with Crippen molar-refractivity contribution >= 4 is 0 Å². The summed E-state index contributed by atoms with van der Waals surface area (Å²) in [6, 6.07) is 0. The molecule has 0 saturated carbocycles. The molecule has 2 rings (SSSR count). The molecule has 2 fully saturated rings. The molecule has 0 bridgehead atoms. The van der Waals surface area contributed by atoms with E-state index in [0.717, 1.165) is 19.6 Å². The van der Waals surface area contributed by atoms with E-state index in [-0.39, 0.29) is 57.7 Å². The van der Waals surface area contributed by atoms with Crippen LogP contribution in [0.15, 0.2) is 0 Å². The molecule has 0 radical (unpaired) electrons. The van der Waals surface area contributed by atoms with Crippen molar-refractivity contribution in [2.45, 2.75) is 26.6 Å². The molecule has 1 unspecified atom stereocenters. The van der Waals surface area contributed by atoms with Gasteiger partial charge in [-0.3, -0.25) is 5.92 Å². The van der Waals surface area contributed by atoms with Crippen LogP contribution in [0.2, 0.25) is 0 Å². The Kier molecular flexibility index (Phi) is 4.72. The SMILES string of the molecule is CC(C)C1CO[C@H]2OCC[C-]12.[K+]. The Labute approximate surface area is 117 Å². The Morgan fingerprint density at radius 2 is 2.08 bits per heavy atom. The fourth-order valence-electron chi connectivity index (χ4n) is 1.94. The Hall–Kier alpha value is 1.56. The van der Waals surface area contributed by atoms with Gasteiger partial charge < -0.3 is 9.47 Å². The van der Waals surface area contributed by atoms with Gasteiger partial charge in [-0.15, -0.1) is 12.3 Å². The maximum Gasteiger partial charge on any atom is 1.00 e. The van der Waals surface area contributed by atoms with Crippen molar-refractivity contribution < 1.29 is 60.9 Å². The molecule has 0 amide bonds. The summed E-state index contributed by atoms with van der Waals surface area (Å²) < 4.78 is 10.9. The standard InChI is InChI=1S/C9H15O2.K/c1-6(2)8-5-11-9-7(8)3-4-10-9;/h6,8-9H,3-5H2,1-2H3;/q-1;+1/t8?,9-;/m1./s1. The van der Waals surface area contributed by atoms with Crippen molar-refractivity contribution in [3.63, 3.8) is 0 Å². The monoisotopic (exact) mass is 194 g/mol. The molecule has 0 aromatic heterocycles. The topological polar surface area (TPSA) is 18.5 Å². The maximum absolute atomic E-state index is 5.49. The van der Waals surface area contributed by atoms with E-state index in [1.54, 1.807) is 0 Å². The molecule has 0 N–H and O–H groups in total. The quantitative estimate of drug-likeness (QED) is 0.378. The van der Waals surface area contributed by atoms with Crippen LogP contribution in [0, 0.1) is 17.8 Å². The molecule has 12 heavy (non-hydrogen) atoms. The third-order valence-corrected chi connectivity index (χ3v) is 2.67. The van der Waals surface area contributed by atoms with E-state index in [1.807, 2.05) is 0 Å². The Morgan fingerprint density at radius 3 is 2.75 bits per heavy atom. The van der Waals surface area contributed by atoms with Gasteiger partial charge in [0.2, 0.25) is 0 Å². The first kappa shape index (κ1) is 11.6. The second-order valence-electron chi connectivity index (χ2n) is 3.71. The van der Waals surface area contributed by atoms with Crippen molar-refractivity contribution in [1.82, 2.24) is 0 Å². The summed E-state index contributed by atoms with van der Waals surface area (Å²) in [5, 5.41) is 0. The van der Waals surface area contributed by atoms with Crippen LogP contribution < -0.4 is 51.4 Å². The van der Waals surface area contributed by atoms with Crippen molar-refractivity contribution in [1.29, 1.82) is 0 Å². The van der Waals surface area contributed by atoms with E-state index in [0.29, 0.717) is 11.8 Å². The van der Waals surface area contributed by atoms with Crippen LogP contribution in [0.5, 0.6) is 0 Å². The summed E-state index contributed by atoms with van der Waals surface area (Å²) in [7, 11) is 0. The van der Waals surface area contributed by atoms with Crippen molar-refractivity contribution in [2.75, 3.05) is 13.2 Å². The number of hydrogen-bond acceptors (Lipinski definition) is 2. The molecule has 2 aliphatic heterocycles. The van der Waals surface area contributed by atoms with Gasteiger partial charge in [0.1, 0.15) is 0 Å². The van der Waals surface area contributed by atoms with Gasteiger partial charge in [0.15, 0.2) is 0 Å². The summed E-state index contributed by atoms with van der Waals surface area (Å²) in [5.41, 5.74) is 0. The fraction of sp³-hybridized carbons (Fsp3) is 0.889. The minimum atomic E-state index is 0. The summed E-state index contributed by atoms with van der Waals surface area (Å²) in [6.45, 7) is 6.24. The van der Waals surface area contributed by atoms with Crippen LogP contribution in [0.1, 0.15) is 20.3 Å². The number of fused-ring (bicyclic) bond motifs is 1. The van der Waals surface area contributed by atoms with Gasteiger partial charge in [0.25, 0.3) is 0 Å². The van der Waals surface area contributed by atoms with Crippen molar-refractivity contribution in [2.24, 2.45) is 11.8 Å². The molecule has 64 valence electrons. The van der Waals surface area contributed by atoms with Crippen LogP contribution in [-0.4, -0.2) is 19.5 Å². The van der Waals surface area contributed by atoms with E-state index in [2.05, 4.69) is 13.8 Å². The third kappa shape index (κ3) is 2.14. The first-order valence-electron chi connectivity index (χ1n) is 4.38. The second-order valence-corrected chi connectivity index (χ2v) is 3.71. The Bertz CT molecular complexity index is 149. The average molecular weight is 194 g/mol. The molecule has 2 atom stereocenters. The van der Waals surface area contributed by atoms with E-state index < -0.39 is 0 Å². The summed E-state index contributed by atoms with van der Waals surface area (Å²) in [5.74, 6) is 2.86. The zero-order valence-corrected chi connectivity index (χ0v) is 11.3. The van der Waals surface area contributed by atoms with Gasteiger partial charge in [0.05, 0.1) is 0 Å². The zero-order valence-electron chi connectivity index (χ0n) is 8.17. The van der Waals surface area contributed by atoms with E-state index >= 15 is 0 Å². The molecule has 2 heterocycles. The molecule has 2 nitrogen and oxygen atoms in total. The van der Waals surface area contributed by atoms with Gasteiger partial charge >= 0.3 is 51.4 Å². The molecule has 0 spiro atoms. The van der Waals surface area contributed by atoms with Gasteiger partial charge in [0, 0.05) is 19.5 Å². The van der Waals surface area contributed by atoms with Gasteiger partial charge in [-0.2, -0.15) is 0 Å². The van der Waals surface area contributed by atoms with Gasteiger partial charge in [-0.1, -0.05) is 19.8 Å². The molecular weight excluding hydrogens is 179 g/mol. The molecule has 0 aliphatic carbocycles. The first-order valence-corrected chi connectivity index (χ1v) is 4.38. The van der Waals surface area contributed by atoms with Crippen LogP contribution in [0.4, 0.5) is 0 Å². The fourth-order valence-corrected chi connectivity index (χ4v) is 1.94. The van der Waals surface area contributed by atoms with Crippen molar-refractivity contribution in [3.8, 4) is 0 Å². The van der Waals surface area contributed by atoms with Crippen molar-refractivity contribution in [3.05, 3.63) is 5.92 Å². The summed E-state index contributed by atoms with van der Waals surface area (Å²) >= 11 is 0. The smallest absolute Gasteiger partial charge is 0.386 e. The van der Waals surface area contributed by atoms with E-state index in [1.165, 1.54) is 5.92 Å². The molecule has 0 aromatic rings. The largest absolute Gasteiger partial charge is 1.00 e. The Morgan fingerprint density at radius 1 is 1.33 bits per heavy atom. The average Bonchev–Trinajstić information content (AvgIpc) is 2.41. The third-order valence-electron chi connectivity index (χ3n) is 2.67. The van der Waals surface area contributed by atoms with Crippen LogP contribution in [0.25, 0.3) is 0 Å². The van der Waals surface area contributed by atoms with Crippen LogP contribution in [0.3, 0.4) is 0 Å². The van der Waals surface area contributed by atoms with Crippen LogP contribution in [-0.2, 0) is 9.47 Å². The number of hydrogen-bond donors (Lipinski definition) is 0. The Balaban J connectivity index is 0.000000720. The van der Waals surface area contributed by atoms with Gasteiger partial charge in [-0.25, -0.2) is 0 Å². The second kappa shape index (κ2) is 4.87. The maximum atomic E-state index is 5.49. The molecule has 2 aliphatic rings.